The average molecular weight is 380 g/mol. The van der Waals surface area contributed by atoms with Gasteiger partial charge in [0.05, 0.1) is 11.7 Å². The van der Waals surface area contributed by atoms with Crippen molar-refractivity contribution in [2.24, 2.45) is 11.8 Å². The molecule has 142 valence electrons. The molecule has 0 spiro atoms. The molecule has 2 heterocycles. The van der Waals surface area contributed by atoms with E-state index in [9.17, 15) is 13.2 Å². The van der Waals surface area contributed by atoms with Crippen LogP contribution in [0.25, 0.3) is 0 Å². The molecule has 2 fully saturated rings. The highest BCUT2D eigenvalue weighted by atomic mass is 32.2. The van der Waals surface area contributed by atoms with Gasteiger partial charge in [-0.3, -0.25) is 4.79 Å². The van der Waals surface area contributed by atoms with Crippen molar-refractivity contribution in [1.82, 2.24) is 19.8 Å². The van der Waals surface area contributed by atoms with E-state index in [1.807, 2.05) is 12.2 Å². The van der Waals surface area contributed by atoms with E-state index in [-0.39, 0.29) is 23.8 Å². The Balaban J connectivity index is 1.56. The van der Waals surface area contributed by atoms with Gasteiger partial charge in [0.2, 0.25) is 21.8 Å². The first-order valence-corrected chi connectivity index (χ1v) is 10.8. The van der Waals surface area contributed by atoms with Crippen molar-refractivity contribution < 1.29 is 17.7 Å². The Hall–Kier alpha value is -1.74. The molecule has 1 saturated carbocycles. The molecule has 1 aromatic rings. The number of allylic oxidation sites excluding steroid dienone is 2. The van der Waals surface area contributed by atoms with Gasteiger partial charge in [-0.05, 0) is 38.5 Å². The SMILES string of the molecule is Cc1noc([C@]23C[C@H](NC(=O)C4CC=CC4)CC2CN(S(C)(=O)=O)C3)n1. The van der Waals surface area contributed by atoms with Gasteiger partial charge in [-0.25, -0.2) is 12.7 Å². The Morgan fingerprint density at radius 1 is 1.38 bits per heavy atom. The van der Waals surface area contributed by atoms with E-state index in [0.717, 1.165) is 19.3 Å². The molecule has 1 aromatic heterocycles. The number of hydrogen-bond donors (Lipinski definition) is 1. The summed E-state index contributed by atoms with van der Waals surface area (Å²) in [7, 11) is -3.29. The summed E-state index contributed by atoms with van der Waals surface area (Å²) in [5.74, 6) is 1.19. The summed E-state index contributed by atoms with van der Waals surface area (Å²) in [6.07, 6.45) is 8.24. The van der Waals surface area contributed by atoms with E-state index in [0.29, 0.717) is 31.2 Å². The Morgan fingerprint density at radius 3 is 2.73 bits per heavy atom. The Labute approximate surface area is 153 Å². The number of nitrogens with one attached hydrogen (secondary N) is 1. The molecule has 1 unspecified atom stereocenters. The molecular weight excluding hydrogens is 356 g/mol. The van der Waals surface area contributed by atoms with Gasteiger partial charge in [0.15, 0.2) is 5.82 Å². The van der Waals surface area contributed by atoms with Gasteiger partial charge < -0.3 is 9.84 Å². The first-order chi connectivity index (χ1) is 12.3. The lowest BCUT2D eigenvalue weighted by molar-refractivity contribution is -0.125. The number of amides is 1. The normalized spacial score (nSPS) is 32.2. The van der Waals surface area contributed by atoms with Crippen LogP contribution in [-0.2, 0) is 20.2 Å². The van der Waals surface area contributed by atoms with Crippen LogP contribution < -0.4 is 5.32 Å². The fourth-order valence-electron chi connectivity index (χ4n) is 4.67. The summed E-state index contributed by atoms with van der Waals surface area (Å²) in [6.45, 7) is 2.51. The van der Waals surface area contributed by atoms with Gasteiger partial charge in [-0.15, -0.1) is 0 Å². The maximum Gasteiger partial charge on any atom is 0.234 e. The van der Waals surface area contributed by atoms with Gasteiger partial charge in [0.25, 0.3) is 0 Å². The van der Waals surface area contributed by atoms with Crippen LogP contribution in [-0.4, -0.2) is 54.2 Å². The maximum atomic E-state index is 12.5. The van der Waals surface area contributed by atoms with E-state index in [1.54, 1.807) is 6.92 Å². The zero-order chi connectivity index (χ0) is 18.5. The second-order valence-electron chi connectivity index (χ2n) is 7.84. The molecule has 8 nitrogen and oxygen atoms in total. The molecule has 0 aromatic carbocycles. The van der Waals surface area contributed by atoms with Crippen LogP contribution in [0, 0.1) is 18.8 Å². The van der Waals surface area contributed by atoms with Crippen LogP contribution >= 0.6 is 0 Å². The molecule has 9 heteroatoms. The standard InChI is InChI=1S/C17H24N4O4S/c1-11-18-16(25-20-11)17-8-14(19-15(22)12-5-3-4-6-12)7-13(17)9-21(10-17)26(2,23)24/h3-4,12-14H,5-10H2,1-2H3,(H,19,22)/t13?,14-,17+/m1/s1. The topological polar surface area (TPSA) is 105 Å². The molecule has 3 aliphatic rings. The van der Waals surface area contributed by atoms with Crippen molar-refractivity contribution in [2.45, 2.75) is 44.1 Å². The van der Waals surface area contributed by atoms with E-state index in [2.05, 4.69) is 15.5 Å². The molecule has 1 saturated heterocycles. The van der Waals surface area contributed by atoms with Crippen LogP contribution in [0.2, 0.25) is 0 Å². The lowest BCUT2D eigenvalue weighted by Crippen LogP contribution is -2.41. The van der Waals surface area contributed by atoms with Crippen molar-refractivity contribution in [1.29, 1.82) is 0 Å². The van der Waals surface area contributed by atoms with E-state index >= 15 is 0 Å². The first kappa shape index (κ1) is 17.7. The Kier molecular flexibility index (Phi) is 4.18. The van der Waals surface area contributed by atoms with Crippen LogP contribution in [0.1, 0.15) is 37.4 Å². The lowest BCUT2D eigenvalue weighted by Gasteiger charge is -2.25. The number of fused-ring (bicyclic) bond motifs is 1. The largest absolute Gasteiger partial charge is 0.353 e. The van der Waals surface area contributed by atoms with Gasteiger partial charge in [0.1, 0.15) is 0 Å². The molecule has 1 amide bonds. The summed E-state index contributed by atoms with van der Waals surface area (Å²) in [6, 6.07) is 0.00187. The number of sulfonamides is 1. The zero-order valence-electron chi connectivity index (χ0n) is 15.0. The molecule has 3 atom stereocenters. The minimum absolute atomic E-state index is 0.00187. The summed E-state index contributed by atoms with van der Waals surface area (Å²) in [5.41, 5.74) is -0.518. The van der Waals surface area contributed by atoms with Crippen molar-refractivity contribution in [2.75, 3.05) is 19.3 Å². The fourth-order valence-corrected chi connectivity index (χ4v) is 5.58. The molecule has 26 heavy (non-hydrogen) atoms. The van der Waals surface area contributed by atoms with Crippen molar-refractivity contribution in [3.8, 4) is 0 Å². The average Bonchev–Trinajstić information content (AvgIpc) is 3.28. The van der Waals surface area contributed by atoms with Gasteiger partial charge in [0, 0.05) is 25.0 Å². The minimum atomic E-state index is -3.29. The number of carbonyl (C=O) groups excluding carboxylic acids is 1. The predicted molar refractivity (Wildman–Crippen MR) is 93.6 cm³/mol. The number of hydrogen-bond acceptors (Lipinski definition) is 6. The number of nitrogens with zero attached hydrogens (tertiary/aromatic N) is 3. The van der Waals surface area contributed by atoms with E-state index in [1.165, 1.54) is 10.6 Å². The molecule has 0 bridgehead atoms. The quantitative estimate of drug-likeness (QED) is 0.773. The number of rotatable bonds is 4. The molecule has 4 rings (SSSR count). The third-order valence-electron chi connectivity index (χ3n) is 5.99. The van der Waals surface area contributed by atoms with Crippen LogP contribution in [0.4, 0.5) is 0 Å². The summed E-state index contributed by atoms with van der Waals surface area (Å²) in [4.78, 5) is 16.9. The minimum Gasteiger partial charge on any atom is -0.353 e. The van der Waals surface area contributed by atoms with Crippen LogP contribution in [0.15, 0.2) is 16.7 Å². The molecule has 2 aliphatic carbocycles. The molecule has 1 aliphatic heterocycles. The second kappa shape index (κ2) is 6.16. The van der Waals surface area contributed by atoms with Crippen molar-refractivity contribution in [3.63, 3.8) is 0 Å². The van der Waals surface area contributed by atoms with Gasteiger partial charge in [-0.2, -0.15) is 4.98 Å². The first-order valence-electron chi connectivity index (χ1n) is 8.99. The summed E-state index contributed by atoms with van der Waals surface area (Å²) in [5, 5.41) is 7.07. The second-order valence-corrected chi connectivity index (χ2v) is 9.82. The Morgan fingerprint density at radius 2 is 2.12 bits per heavy atom. The lowest BCUT2D eigenvalue weighted by atomic mass is 9.80. The maximum absolute atomic E-state index is 12.5. The number of carbonyl (C=O) groups is 1. The highest BCUT2D eigenvalue weighted by Gasteiger charge is 2.59. The predicted octanol–water partition coefficient (Wildman–Crippen LogP) is 0.752. The molecule has 0 radical (unpaired) electrons. The van der Waals surface area contributed by atoms with Crippen molar-refractivity contribution >= 4 is 15.9 Å². The van der Waals surface area contributed by atoms with Gasteiger partial charge in [-0.1, -0.05) is 17.3 Å². The zero-order valence-corrected chi connectivity index (χ0v) is 15.8. The highest BCUT2D eigenvalue weighted by molar-refractivity contribution is 7.88. The van der Waals surface area contributed by atoms with Crippen molar-refractivity contribution in [3.05, 3.63) is 23.9 Å². The molecular formula is C17H24N4O4S. The highest BCUT2D eigenvalue weighted by Crippen LogP contribution is 2.50. The number of aryl methyl sites for hydroxylation is 1. The third kappa shape index (κ3) is 2.96. The van der Waals surface area contributed by atoms with Crippen LogP contribution in [0.5, 0.6) is 0 Å². The van der Waals surface area contributed by atoms with Gasteiger partial charge >= 0.3 is 0 Å². The monoisotopic (exact) mass is 380 g/mol. The summed E-state index contributed by atoms with van der Waals surface area (Å²) < 4.78 is 31.1. The van der Waals surface area contributed by atoms with Crippen LogP contribution in [0.3, 0.4) is 0 Å². The molecule has 1 N–H and O–H groups in total. The third-order valence-corrected chi connectivity index (χ3v) is 7.21. The Bertz CT molecular complexity index is 841. The number of aromatic nitrogens is 2. The summed E-state index contributed by atoms with van der Waals surface area (Å²) >= 11 is 0. The fraction of sp³-hybridized carbons (Fsp3) is 0.706. The smallest absolute Gasteiger partial charge is 0.234 e. The van der Waals surface area contributed by atoms with E-state index in [4.69, 9.17) is 4.52 Å². The van der Waals surface area contributed by atoms with E-state index < -0.39 is 15.4 Å².